The smallest absolute Gasteiger partial charge is 0.138 e. The average Bonchev–Trinajstić information content (AvgIpc) is 2.92. The third-order valence-electron chi connectivity index (χ3n) is 3.15. The van der Waals surface area contributed by atoms with Gasteiger partial charge in [0.1, 0.15) is 18.5 Å². The minimum absolute atomic E-state index is 0.483. The van der Waals surface area contributed by atoms with E-state index in [4.69, 9.17) is 11.6 Å². The molecule has 0 saturated carbocycles. The van der Waals surface area contributed by atoms with Gasteiger partial charge in [0.15, 0.2) is 0 Å². The first-order valence-corrected chi connectivity index (χ1v) is 6.18. The van der Waals surface area contributed by atoms with Gasteiger partial charge in [-0.05, 0) is 19.1 Å². The first-order valence-electron chi connectivity index (χ1n) is 6.18. The molecular weight excluding hydrogens is 254 g/mol. The maximum absolute atomic E-state index is 6.18. The molecule has 2 heterocycles. The van der Waals surface area contributed by atoms with E-state index >= 15 is 0 Å². The Morgan fingerprint density at radius 1 is 1.30 bits per heavy atom. The Morgan fingerprint density at radius 2 is 2.10 bits per heavy atom. The third-order valence-corrected chi connectivity index (χ3v) is 3.15. The van der Waals surface area contributed by atoms with Gasteiger partial charge in [0.05, 0.1) is 23.5 Å². The van der Waals surface area contributed by atoms with Crippen LogP contribution in [0.4, 0.5) is 11.4 Å². The highest BCUT2D eigenvalue weighted by Gasteiger charge is 2.21. The quantitative estimate of drug-likeness (QED) is 0.698. The molecule has 0 fully saturated rings. The van der Waals surface area contributed by atoms with Gasteiger partial charge in [-0.15, -0.1) is 0 Å². The van der Waals surface area contributed by atoms with E-state index in [0.29, 0.717) is 12.1 Å². The number of allylic oxidation sites excluding steroid dienone is 2. The molecule has 0 bridgehead atoms. The number of hydrazine groups is 1. The summed E-state index contributed by atoms with van der Waals surface area (Å²) >= 11 is 0. The second-order valence-corrected chi connectivity index (χ2v) is 4.53. The minimum atomic E-state index is 0.483. The largest absolute Gasteiger partial charge is 0.401 e. The Morgan fingerprint density at radius 3 is 2.80 bits per heavy atom. The van der Waals surface area contributed by atoms with Gasteiger partial charge in [0.25, 0.3) is 0 Å². The summed E-state index contributed by atoms with van der Waals surface area (Å²) in [5.41, 5.74) is 8.99. The molecule has 4 N–H and O–H groups in total. The van der Waals surface area contributed by atoms with Gasteiger partial charge in [-0.25, -0.2) is 20.5 Å². The standard InChI is InChI=1S/C13H15N7/c1-9(14)12-6-13(19-8-16-7-17-19)18-10-4-2-3-5-11(10)20(12)15/h2-5,7-8H,6,14-15H2,1H3/b12-9-. The molecule has 3 rings (SSSR count). The summed E-state index contributed by atoms with van der Waals surface area (Å²) < 4.78 is 1.62. The van der Waals surface area contributed by atoms with Crippen LogP contribution in [0.5, 0.6) is 0 Å². The number of nitrogens with zero attached hydrogens (tertiary/aromatic N) is 5. The molecule has 2 aromatic rings. The molecule has 0 atom stereocenters. The summed E-state index contributed by atoms with van der Waals surface area (Å²) in [7, 11) is 0. The molecule has 0 aliphatic carbocycles. The van der Waals surface area contributed by atoms with Crippen molar-refractivity contribution in [3.05, 3.63) is 48.3 Å². The van der Waals surface area contributed by atoms with E-state index in [1.54, 1.807) is 16.0 Å². The van der Waals surface area contributed by atoms with Crippen LogP contribution in [0.1, 0.15) is 13.3 Å². The fourth-order valence-electron chi connectivity index (χ4n) is 2.12. The second kappa shape index (κ2) is 4.78. The van der Waals surface area contributed by atoms with Crippen LogP contribution < -0.4 is 16.6 Å². The summed E-state index contributed by atoms with van der Waals surface area (Å²) in [6.07, 6.45) is 3.56. The van der Waals surface area contributed by atoms with Gasteiger partial charge in [-0.3, -0.25) is 5.01 Å². The van der Waals surface area contributed by atoms with Gasteiger partial charge >= 0.3 is 0 Å². The van der Waals surface area contributed by atoms with Crippen molar-refractivity contribution < 1.29 is 0 Å². The van der Waals surface area contributed by atoms with Crippen molar-refractivity contribution in [3.63, 3.8) is 0 Å². The van der Waals surface area contributed by atoms with Crippen molar-refractivity contribution >= 4 is 17.2 Å². The molecule has 7 nitrogen and oxygen atoms in total. The molecule has 1 aliphatic rings. The maximum Gasteiger partial charge on any atom is 0.138 e. The minimum Gasteiger partial charge on any atom is -0.401 e. The van der Waals surface area contributed by atoms with Crippen LogP contribution in [0, 0.1) is 0 Å². The lowest BCUT2D eigenvalue weighted by molar-refractivity contribution is 0.880. The van der Waals surface area contributed by atoms with Gasteiger partial charge in [-0.2, -0.15) is 5.10 Å². The van der Waals surface area contributed by atoms with Crippen LogP contribution in [-0.4, -0.2) is 20.6 Å². The van der Waals surface area contributed by atoms with Crippen LogP contribution in [0.15, 0.2) is 53.3 Å². The normalized spacial score (nSPS) is 17.3. The van der Waals surface area contributed by atoms with Gasteiger partial charge < -0.3 is 5.73 Å². The summed E-state index contributed by atoms with van der Waals surface area (Å²) in [5, 5.41) is 5.71. The summed E-state index contributed by atoms with van der Waals surface area (Å²) in [4.78, 5) is 8.58. The molecule has 1 aromatic heterocycles. The van der Waals surface area contributed by atoms with Crippen molar-refractivity contribution in [1.82, 2.24) is 14.8 Å². The number of fused-ring (bicyclic) bond motifs is 1. The Balaban J connectivity index is 2.19. The Kier molecular flexibility index (Phi) is 2.96. The fourth-order valence-corrected chi connectivity index (χ4v) is 2.12. The predicted molar refractivity (Wildman–Crippen MR) is 77.1 cm³/mol. The Bertz CT molecular complexity index is 681. The lowest BCUT2D eigenvalue weighted by Crippen LogP contribution is -2.33. The third kappa shape index (κ3) is 2.04. The molecule has 1 aromatic carbocycles. The summed E-state index contributed by atoms with van der Waals surface area (Å²) in [6, 6.07) is 7.64. The number of para-hydroxylation sites is 2. The zero-order chi connectivity index (χ0) is 14.1. The number of hydrogen-bond donors (Lipinski definition) is 2. The highest BCUT2D eigenvalue weighted by atomic mass is 15.4. The molecular formula is C13H15N7. The van der Waals surface area contributed by atoms with E-state index in [1.165, 1.54) is 6.33 Å². The fraction of sp³-hybridized carbons (Fsp3) is 0.154. The molecule has 0 unspecified atom stereocenters. The number of hydrogen-bond acceptors (Lipinski definition) is 6. The SMILES string of the molecule is C/C(N)=C1\CC(n2cncn2)=Nc2ccccc2N1N. The van der Waals surface area contributed by atoms with Crippen molar-refractivity contribution in [3.8, 4) is 0 Å². The number of rotatable bonds is 0. The zero-order valence-electron chi connectivity index (χ0n) is 11.1. The van der Waals surface area contributed by atoms with E-state index in [1.807, 2.05) is 31.2 Å². The molecule has 7 heteroatoms. The predicted octanol–water partition coefficient (Wildman–Crippen LogP) is 1.13. The second-order valence-electron chi connectivity index (χ2n) is 4.53. The van der Waals surface area contributed by atoms with E-state index in [2.05, 4.69) is 15.1 Å². The monoisotopic (exact) mass is 269 g/mol. The lowest BCUT2D eigenvalue weighted by atomic mass is 10.2. The van der Waals surface area contributed by atoms with E-state index in [0.717, 1.165) is 22.9 Å². The van der Waals surface area contributed by atoms with Gasteiger partial charge in [-0.1, -0.05) is 12.1 Å². The number of aromatic nitrogens is 3. The number of nitrogens with two attached hydrogens (primary N) is 2. The summed E-state index contributed by atoms with van der Waals surface area (Å²) in [6.45, 7) is 1.82. The van der Waals surface area contributed by atoms with E-state index in [-0.39, 0.29) is 0 Å². The average molecular weight is 269 g/mol. The summed E-state index contributed by atoms with van der Waals surface area (Å²) in [5.74, 6) is 6.91. The number of anilines is 1. The van der Waals surface area contributed by atoms with Crippen molar-refractivity contribution in [2.24, 2.45) is 16.6 Å². The van der Waals surface area contributed by atoms with E-state index in [9.17, 15) is 0 Å². The lowest BCUT2D eigenvalue weighted by Gasteiger charge is -2.22. The molecule has 1 aliphatic heterocycles. The highest BCUT2D eigenvalue weighted by molar-refractivity contribution is 5.92. The van der Waals surface area contributed by atoms with Gasteiger partial charge in [0, 0.05) is 5.70 Å². The molecule has 20 heavy (non-hydrogen) atoms. The maximum atomic E-state index is 6.18. The first-order chi connectivity index (χ1) is 9.66. The van der Waals surface area contributed by atoms with E-state index < -0.39 is 0 Å². The number of aliphatic imine (C=N–C) groups is 1. The zero-order valence-corrected chi connectivity index (χ0v) is 11.1. The van der Waals surface area contributed by atoms with Crippen LogP contribution in [0.25, 0.3) is 0 Å². The van der Waals surface area contributed by atoms with Crippen molar-refractivity contribution in [2.75, 3.05) is 5.01 Å². The van der Waals surface area contributed by atoms with Crippen LogP contribution in [-0.2, 0) is 0 Å². The topological polar surface area (TPSA) is 98.3 Å². The molecule has 0 saturated heterocycles. The molecule has 102 valence electrons. The Labute approximate surface area is 116 Å². The van der Waals surface area contributed by atoms with Gasteiger partial charge in [0.2, 0.25) is 0 Å². The van der Waals surface area contributed by atoms with Crippen molar-refractivity contribution in [2.45, 2.75) is 13.3 Å². The molecule has 0 spiro atoms. The first kappa shape index (κ1) is 12.4. The van der Waals surface area contributed by atoms with Crippen molar-refractivity contribution in [1.29, 1.82) is 0 Å². The molecule has 0 amide bonds. The van der Waals surface area contributed by atoms with Crippen LogP contribution in [0.3, 0.4) is 0 Å². The van der Waals surface area contributed by atoms with Crippen LogP contribution >= 0.6 is 0 Å². The van der Waals surface area contributed by atoms with Crippen LogP contribution in [0.2, 0.25) is 0 Å². The Hall–Kier alpha value is -2.67. The highest BCUT2D eigenvalue weighted by Crippen LogP contribution is 2.33. The molecule has 0 radical (unpaired) electrons. The number of benzene rings is 1.